The highest BCUT2D eigenvalue weighted by Crippen LogP contribution is 2.33. The Hall–Kier alpha value is -2.04. The van der Waals surface area contributed by atoms with Crippen LogP contribution in [0.2, 0.25) is 0 Å². The number of carbonyl (C=O) groups excluding carboxylic acids is 2. The molecule has 1 N–H and O–H groups in total. The van der Waals surface area contributed by atoms with Gasteiger partial charge in [-0.25, -0.2) is 0 Å². The van der Waals surface area contributed by atoms with Crippen molar-refractivity contribution in [2.24, 2.45) is 0 Å². The molecule has 0 aliphatic rings. The minimum atomic E-state index is -0.241. The zero-order valence-corrected chi connectivity index (χ0v) is 13.5. The van der Waals surface area contributed by atoms with E-state index in [1.165, 1.54) is 6.92 Å². The van der Waals surface area contributed by atoms with E-state index in [9.17, 15) is 14.7 Å². The highest BCUT2D eigenvalue weighted by molar-refractivity contribution is 5.97. The summed E-state index contributed by atoms with van der Waals surface area (Å²) in [5.41, 5.74) is 0.952. The van der Waals surface area contributed by atoms with Gasteiger partial charge in [0.25, 0.3) is 0 Å². The number of hydrogen-bond donors (Lipinski definition) is 1. The van der Waals surface area contributed by atoms with E-state index in [1.54, 1.807) is 19.1 Å². The second-order valence-corrected chi connectivity index (χ2v) is 5.00. The van der Waals surface area contributed by atoms with Crippen LogP contribution in [-0.4, -0.2) is 30.1 Å². The van der Waals surface area contributed by atoms with Gasteiger partial charge in [-0.2, -0.15) is 0 Å². The van der Waals surface area contributed by atoms with Crippen molar-refractivity contribution in [2.75, 3.05) is 13.2 Å². The number of Topliss-reactive ketones (excluding diaryl/α,β-unsaturated/α-hetero) is 1. The number of rotatable bonds is 9. The fourth-order valence-electron chi connectivity index (χ4n) is 2.16. The summed E-state index contributed by atoms with van der Waals surface area (Å²) in [6, 6.07) is 3.27. The van der Waals surface area contributed by atoms with Gasteiger partial charge in [-0.1, -0.05) is 13.3 Å². The average Bonchev–Trinajstić information content (AvgIpc) is 2.46. The minimum Gasteiger partial charge on any atom is -0.507 e. The molecule has 1 rings (SSSR count). The summed E-state index contributed by atoms with van der Waals surface area (Å²) in [5.74, 6) is 0.142. The molecule has 5 nitrogen and oxygen atoms in total. The third kappa shape index (κ3) is 5.06. The molecule has 0 saturated carbocycles. The summed E-state index contributed by atoms with van der Waals surface area (Å²) >= 11 is 0. The second-order valence-electron chi connectivity index (χ2n) is 5.00. The number of ketones is 1. The van der Waals surface area contributed by atoms with Crippen LogP contribution in [0, 0.1) is 0 Å². The Balaban J connectivity index is 2.71. The SMILES string of the molecule is CCCc1c(OCCCC(=O)OCC)ccc(C(C)=O)c1O. The molecular weight excluding hydrogens is 284 g/mol. The Kier molecular flexibility index (Phi) is 7.43. The summed E-state index contributed by atoms with van der Waals surface area (Å²) in [6.07, 6.45) is 2.29. The van der Waals surface area contributed by atoms with E-state index in [1.807, 2.05) is 6.92 Å². The van der Waals surface area contributed by atoms with E-state index in [0.29, 0.717) is 49.4 Å². The molecule has 0 aromatic heterocycles. The standard InChI is InChI=1S/C17H24O5/c1-4-7-14-15(10-9-13(12(3)18)17(14)20)22-11-6-8-16(19)21-5-2/h9-10,20H,4-8,11H2,1-3H3. The lowest BCUT2D eigenvalue weighted by Crippen LogP contribution is -2.08. The van der Waals surface area contributed by atoms with Gasteiger partial charge in [-0.05, 0) is 38.8 Å². The van der Waals surface area contributed by atoms with Gasteiger partial charge >= 0.3 is 5.97 Å². The maximum absolute atomic E-state index is 11.5. The van der Waals surface area contributed by atoms with Gasteiger partial charge in [-0.15, -0.1) is 0 Å². The molecule has 0 heterocycles. The molecule has 122 valence electrons. The van der Waals surface area contributed by atoms with Crippen LogP contribution in [0.5, 0.6) is 11.5 Å². The van der Waals surface area contributed by atoms with Crippen molar-refractivity contribution in [3.05, 3.63) is 23.3 Å². The topological polar surface area (TPSA) is 72.8 Å². The van der Waals surface area contributed by atoms with Crippen LogP contribution in [0.4, 0.5) is 0 Å². The van der Waals surface area contributed by atoms with Gasteiger partial charge in [-0.3, -0.25) is 9.59 Å². The third-order valence-electron chi connectivity index (χ3n) is 3.21. The maximum Gasteiger partial charge on any atom is 0.305 e. The average molecular weight is 308 g/mol. The second kappa shape index (κ2) is 9.07. The predicted molar refractivity (Wildman–Crippen MR) is 83.5 cm³/mol. The first-order chi connectivity index (χ1) is 10.5. The lowest BCUT2D eigenvalue weighted by atomic mass is 10.0. The van der Waals surface area contributed by atoms with Gasteiger partial charge in [0, 0.05) is 12.0 Å². The largest absolute Gasteiger partial charge is 0.507 e. The first kappa shape index (κ1) is 18.0. The summed E-state index contributed by atoms with van der Waals surface area (Å²) in [6.45, 7) is 5.91. The van der Waals surface area contributed by atoms with Crippen molar-refractivity contribution in [3.63, 3.8) is 0 Å². The smallest absolute Gasteiger partial charge is 0.305 e. The van der Waals surface area contributed by atoms with Crippen molar-refractivity contribution < 1.29 is 24.2 Å². The van der Waals surface area contributed by atoms with E-state index in [2.05, 4.69) is 0 Å². The number of hydrogen-bond acceptors (Lipinski definition) is 5. The Morgan fingerprint density at radius 3 is 2.55 bits per heavy atom. The fraction of sp³-hybridized carbons (Fsp3) is 0.529. The summed E-state index contributed by atoms with van der Waals surface area (Å²) < 4.78 is 10.5. The Bertz CT molecular complexity index is 522. The van der Waals surface area contributed by atoms with E-state index < -0.39 is 0 Å². The van der Waals surface area contributed by atoms with Crippen molar-refractivity contribution in [3.8, 4) is 11.5 Å². The number of ether oxygens (including phenoxy) is 2. The molecule has 0 unspecified atom stereocenters. The summed E-state index contributed by atoms with van der Waals surface area (Å²) in [4.78, 5) is 22.7. The van der Waals surface area contributed by atoms with Crippen molar-refractivity contribution in [2.45, 2.75) is 46.5 Å². The van der Waals surface area contributed by atoms with E-state index in [0.717, 1.165) is 6.42 Å². The molecule has 5 heteroatoms. The third-order valence-corrected chi connectivity index (χ3v) is 3.21. The van der Waals surface area contributed by atoms with Crippen molar-refractivity contribution in [1.29, 1.82) is 0 Å². The van der Waals surface area contributed by atoms with Crippen LogP contribution in [0.1, 0.15) is 56.0 Å². The van der Waals surface area contributed by atoms with Crippen molar-refractivity contribution in [1.82, 2.24) is 0 Å². The number of carbonyl (C=O) groups is 2. The zero-order valence-electron chi connectivity index (χ0n) is 13.5. The van der Waals surface area contributed by atoms with Gasteiger partial charge < -0.3 is 14.6 Å². The zero-order chi connectivity index (χ0) is 16.5. The first-order valence-electron chi connectivity index (χ1n) is 7.65. The quantitative estimate of drug-likeness (QED) is 0.430. The van der Waals surface area contributed by atoms with Gasteiger partial charge in [0.05, 0.1) is 18.8 Å². The van der Waals surface area contributed by atoms with Gasteiger partial charge in [0.2, 0.25) is 0 Å². The summed E-state index contributed by atoms with van der Waals surface area (Å²) in [7, 11) is 0. The number of esters is 1. The van der Waals surface area contributed by atoms with E-state index in [-0.39, 0.29) is 17.5 Å². The lowest BCUT2D eigenvalue weighted by Gasteiger charge is -2.14. The molecule has 0 aliphatic heterocycles. The molecule has 0 bridgehead atoms. The Morgan fingerprint density at radius 2 is 1.95 bits per heavy atom. The Labute approximate surface area is 131 Å². The molecule has 0 aliphatic carbocycles. The highest BCUT2D eigenvalue weighted by Gasteiger charge is 2.15. The summed E-state index contributed by atoms with van der Waals surface area (Å²) in [5, 5.41) is 10.2. The molecule has 0 spiro atoms. The van der Waals surface area contributed by atoms with E-state index >= 15 is 0 Å². The first-order valence-corrected chi connectivity index (χ1v) is 7.65. The molecule has 22 heavy (non-hydrogen) atoms. The van der Waals surface area contributed by atoms with Gasteiger partial charge in [0.15, 0.2) is 5.78 Å². The molecule has 0 atom stereocenters. The van der Waals surface area contributed by atoms with Crippen LogP contribution in [0.15, 0.2) is 12.1 Å². The molecule has 0 radical (unpaired) electrons. The normalized spacial score (nSPS) is 10.3. The van der Waals surface area contributed by atoms with Crippen LogP contribution in [0.25, 0.3) is 0 Å². The number of benzene rings is 1. The van der Waals surface area contributed by atoms with E-state index in [4.69, 9.17) is 9.47 Å². The van der Waals surface area contributed by atoms with Crippen LogP contribution < -0.4 is 4.74 Å². The van der Waals surface area contributed by atoms with Crippen molar-refractivity contribution >= 4 is 11.8 Å². The number of phenolic OH excluding ortho intramolecular Hbond substituents is 1. The Morgan fingerprint density at radius 1 is 1.23 bits per heavy atom. The minimum absolute atomic E-state index is 0.00255. The van der Waals surface area contributed by atoms with Crippen LogP contribution in [-0.2, 0) is 16.0 Å². The fourth-order valence-corrected chi connectivity index (χ4v) is 2.16. The molecular formula is C17H24O5. The maximum atomic E-state index is 11.5. The number of aromatic hydroxyl groups is 1. The molecule has 0 saturated heterocycles. The molecule has 0 amide bonds. The van der Waals surface area contributed by atoms with Crippen LogP contribution in [0.3, 0.4) is 0 Å². The van der Waals surface area contributed by atoms with Crippen LogP contribution >= 0.6 is 0 Å². The monoisotopic (exact) mass is 308 g/mol. The predicted octanol–water partition coefficient (Wildman–Crippen LogP) is 3.27. The lowest BCUT2D eigenvalue weighted by molar-refractivity contribution is -0.143. The van der Waals surface area contributed by atoms with Gasteiger partial charge in [0.1, 0.15) is 11.5 Å². The number of phenols is 1. The molecule has 1 aromatic carbocycles. The molecule has 0 fully saturated rings. The molecule has 1 aromatic rings. The highest BCUT2D eigenvalue weighted by atomic mass is 16.5.